The van der Waals surface area contributed by atoms with E-state index in [2.05, 4.69) is 31.0 Å². The normalized spacial score (nSPS) is 23.9. The average Bonchev–Trinajstić information content (AvgIpc) is 2.35. The van der Waals surface area contributed by atoms with Crippen LogP contribution in [0.1, 0.15) is 40.0 Å². The van der Waals surface area contributed by atoms with E-state index >= 15 is 0 Å². The van der Waals surface area contributed by atoms with Crippen LogP contribution in [0.4, 0.5) is 0 Å². The number of unbranched alkanes of at least 4 members (excludes halogenated alkanes) is 1. The third kappa shape index (κ3) is 5.34. The van der Waals surface area contributed by atoms with Crippen LogP contribution in [-0.4, -0.2) is 30.4 Å². The van der Waals surface area contributed by atoms with Crippen molar-refractivity contribution < 1.29 is 4.79 Å². The maximum absolute atomic E-state index is 11.9. The lowest BCUT2D eigenvalue weighted by atomic mass is 9.92. The standard InChI is InChI=1S/C15H25N3O/c1-4-5-6-17-15(19)14(8-16)11-18-9-12(2)7-13(3)10-18/h11-13H,4-7,9-10H2,1-3H3,(H,17,19)/b14-11-. The van der Waals surface area contributed by atoms with Gasteiger partial charge in [-0.2, -0.15) is 5.26 Å². The van der Waals surface area contributed by atoms with Crippen LogP contribution in [0, 0.1) is 23.2 Å². The molecule has 4 nitrogen and oxygen atoms in total. The van der Waals surface area contributed by atoms with E-state index in [1.807, 2.05) is 6.07 Å². The Morgan fingerprint density at radius 1 is 1.42 bits per heavy atom. The molecule has 1 saturated heterocycles. The Morgan fingerprint density at radius 2 is 2.05 bits per heavy atom. The Bertz CT molecular complexity index is 360. The minimum Gasteiger partial charge on any atom is -0.376 e. The van der Waals surface area contributed by atoms with Crippen LogP contribution in [0.25, 0.3) is 0 Å². The highest BCUT2D eigenvalue weighted by atomic mass is 16.1. The topological polar surface area (TPSA) is 56.1 Å². The van der Waals surface area contributed by atoms with Gasteiger partial charge in [-0.1, -0.05) is 27.2 Å². The molecule has 2 unspecified atom stereocenters. The molecule has 1 rings (SSSR count). The zero-order valence-corrected chi connectivity index (χ0v) is 12.3. The van der Waals surface area contributed by atoms with Gasteiger partial charge in [0.15, 0.2) is 0 Å². The molecule has 0 radical (unpaired) electrons. The molecule has 0 aromatic rings. The number of hydrogen-bond donors (Lipinski definition) is 1. The molecule has 1 amide bonds. The molecule has 2 atom stereocenters. The molecule has 1 aliphatic heterocycles. The van der Waals surface area contributed by atoms with Gasteiger partial charge in [0.25, 0.3) is 5.91 Å². The van der Waals surface area contributed by atoms with E-state index in [1.165, 1.54) is 6.42 Å². The zero-order valence-electron chi connectivity index (χ0n) is 12.3. The predicted octanol–water partition coefficient (Wildman–Crippen LogP) is 2.29. The van der Waals surface area contributed by atoms with Gasteiger partial charge < -0.3 is 10.2 Å². The Labute approximate surface area is 116 Å². The van der Waals surface area contributed by atoms with E-state index in [4.69, 9.17) is 5.26 Å². The summed E-state index contributed by atoms with van der Waals surface area (Å²) >= 11 is 0. The molecule has 0 spiro atoms. The van der Waals surface area contributed by atoms with Gasteiger partial charge in [0.1, 0.15) is 11.6 Å². The van der Waals surface area contributed by atoms with Crippen molar-refractivity contribution in [1.82, 2.24) is 10.2 Å². The number of nitrogens with one attached hydrogen (secondary N) is 1. The van der Waals surface area contributed by atoms with Crippen molar-refractivity contribution in [3.05, 3.63) is 11.8 Å². The largest absolute Gasteiger partial charge is 0.376 e. The number of likely N-dealkylation sites (tertiary alicyclic amines) is 1. The second kappa shape index (κ2) is 7.83. The molecule has 1 heterocycles. The first-order chi connectivity index (χ1) is 9.06. The summed E-state index contributed by atoms with van der Waals surface area (Å²) in [5, 5.41) is 11.9. The van der Waals surface area contributed by atoms with Gasteiger partial charge >= 0.3 is 0 Å². The molecule has 0 bridgehead atoms. The molecule has 1 fully saturated rings. The Balaban J connectivity index is 2.60. The lowest BCUT2D eigenvalue weighted by Crippen LogP contribution is -2.36. The van der Waals surface area contributed by atoms with Gasteiger partial charge in [-0.15, -0.1) is 0 Å². The zero-order chi connectivity index (χ0) is 14.3. The lowest BCUT2D eigenvalue weighted by Gasteiger charge is -2.34. The molecule has 1 N–H and O–H groups in total. The third-order valence-electron chi connectivity index (χ3n) is 3.39. The van der Waals surface area contributed by atoms with Gasteiger partial charge in [-0.05, 0) is 24.7 Å². The second-order valence-corrected chi connectivity index (χ2v) is 5.66. The first kappa shape index (κ1) is 15.6. The van der Waals surface area contributed by atoms with E-state index in [0.29, 0.717) is 18.4 Å². The molecule has 106 valence electrons. The van der Waals surface area contributed by atoms with E-state index in [9.17, 15) is 4.79 Å². The van der Waals surface area contributed by atoms with Gasteiger partial charge in [0.2, 0.25) is 0 Å². The fourth-order valence-corrected chi connectivity index (χ4v) is 2.61. The average molecular weight is 263 g/mol. The minimum atomic E-state index is -0.248. The number of carbonyl (C=O) groups is 1. The highest BCUT2D eigenvalue weighted by Crippen LogP contribution is 2.21. The molecular formula is C15H25N3O. The highest BCUT2D eigenvalue weighted by Gasteiger charge is 2.21. The Kier molecular flexibility index (Phi) is 6.41. The molecule has 0 saturated carbocycles. The quantitative estimate of drug-likeness (QED) is 0.470. The summed E-state index contributed by atoms with van der Waals surface area (Å²) in [6.07, 6.45) is 4.93. The number of carbonyl (C=O) groups excluding carboxylic acids is 1. The first-order valence-electron chi connectivity index (χ1n) is 7.21. The summed E-state index contributed by atoms with van der Waals surface area (Å²) in [7, 11) is 0. The van der Waals surface area contributed by atoms with Crippen molar-refractivity contribution >= 4 is 5.91 Å². The van der Waals surface area contributed by atoms with E-state index in [0.717, 1.165) is 25.9 Å². The monoisotopic (exact) mass is 263 g/mol. The van der Waals surface area contributed by atoms with Crippen LogP contribution in [0.15, 0.2) is 11.8 Å². The second-order valence-electron chi connectivity index (χ2n) is 5.66. The van der Waals surface area contributed by atoms with Crippen LogP contribution in [0.5, 0.6) is 0 Å². The molecular weight excluding hydrogens is 238 g/mol. The predicted molar refractivity (Wildman–Crippen MR) is 76.1 cm³/mol. The maximum atomic E-state index is 11.9. The van der Waals surface area contributed by atoms with E-state index < -0.39 is 0 Å². The molecule has 0 aromatic carbocycles. The lowest BCUT2D eigenvalue weighted by molar-refractivity contribution is -0.117. The van der Waals surface area contributed by atoms with Gasteiger partial charge in [-0.3, -0.25) is 4.79 Å². The highest BCUT2D eigenvalue weighted by molar-refractivity contribution is 5.97. The summed E-state index contributed by atoms with van der Waals surface area (Å²) in [5.74, 6) is 0.980. The Hall–Kier alpha value is -1.50. The van der Waals surface area contributed by atoms with Crippen molar-refractivity contribution in [3.8, 4) is 6.07 Å². The first-order valence-corrected chi connectivity index (χ1v) is 7.21. The number of rotatable bonds is 5. The summed E-state index contributed by atoms with van der Waals surface area (Å²) in [4.78, 5) is 14.0. The van der Waals surface area contributed by atoms with E-state index in [1.54, 1.807) is 6.20 Å². The molecule has 19 heavy (non-hydrogen) atoms. The van der Waals surface area contributed by atoms with Crippen molar-refractivity contribution in [1.29, 1.82) is 5.26 Å². The SMILES string of the molecule is CCCCNC(=O)/C(C#N)=C\N1CC(C)CC(C)C1. The number of hydrogen-bond acceptors (Lipinski definition) is 3. The number of amides is 1. The molecule has 0 aromatic heterocycles. The fourth-order valence-electron chi connectivity index (χ4n) is 2.61. The maximum Gasteiger partial charge on any atom is 0.263 e. The van der Waals surface area contributed by atoms with Crippen molar-refractivity contribution in [2.75, 3.05) is 19.6 Å². The van der Waals surface area contributed by atoms with Gasteiger partial charge in [0.05, 0.1) is 0 Å². The molecule has 4 heteroatoms. The van der Waals surface area contributed by atoms with Crippen LogP contribution >= 0.6 is 0 Å². The smallest absolute Gasteiger partial charge is 0.263 e. The van der Waals surface area contributed by atoms with Crippen LogP contribution in [-0.2, 0) is 4.79 Å². The minimum absolute atomic E-state index is 0.220. The van der Waals surface area contributed by atoms with Crippen molar-refractivity contribution in [2.24, 2.45) is 11.8 Å². The van der Waals surface area contributed by atoms with Gasteiger partial charge in [0, 0.05) is 25.8 Å². The summed E-state index contributed by atoms with van der Waals surface area (Å²) in [6.45, 7) is 8.99. The number of nitriles is 1. The fraction of sp³-hybridized carbons (Fsp3) is 0.733. The van der Waals surface area contributed by atoms with Crippen molar-refractivity contribution in [2.45, 2.75) is 40.0 Å². The molecule has 1 aliphatic rings. The van der Waals surface area contributed by atoms with Crippen LogP contribution < -0.4 is 5.32 Å². The number of piperidine rings is 1. The third-order valence-corrected chi connectivity index (χ3v) is 3.39. The summed E-state index contributed by atoms with van der Waals surface area (Å²) < 4.78 is 0. The van der Waals surface area contributed by atoms with Crippen LogP contribution in [0.3, 0.4) is 0 Å². The van der Waals surface area contributed by atoms with Crippen LogP contribution in [0.2, 0.25) is 0 Å². The van der Waals surface area contributed by atoms with Crippen molar-refractivity contribution in [3.63, 3.8) is 0 Å². The van der Waals surface area contributed by atoms with Gasteiger partial charge in [-0.25, -0.2) is 0 Å². The Morgan fingerprint density at radius 3 is 2.58 bits per heavy atom. The summed E-state index contributed by atoms with van der Waals surface area (Å²) in [6, 6.07) is 2.01. The number of nitrogens with zero attached hydrogens (tertiary/aromatic N) is 2. The molecule has 0 aliphatic carbocycles. The van der Waals surface area contributed by atoms with E-state index in [-0.39, 0.29) is 11.5 Å². The summed E-state index contributed by atoms with van der Waals surface area (Å²) in [5.41, 5.74) is 0.220.